The number of aromatic nitrogens is 1. The van der Waals surface area contributed by atoms with Crippen molar-refractivity contribution >= 4 is 61.4 Å². The number of furan rings is 1. The predicted octanol–water partition coefficient (Wildman–Crippen LogP) is 5.57. The van der Waals surface area contributed by atoms with E-state index in [1.807, 2.05) is 36.4 Å². The van der Waals surface area contributed by atoms with Crippen LogP contribution in [-0.2, 0) is 0 Å². The lowest BCUT2D eigenvalue weighted by molar-refractivity contribution is 0.0955. The molecule has 1 N–H and O–H groups in total. The number of halogens is 1. The maximum atomic E-state index is 12.0. The molecule has 5 nitrogen and oxygen atoms in total. The van der Waals surface area contributed by atoms with Crippen molar-refractivity contribution in [2.75, 3.05) is 0 Å². The van der Waals surface area contributed by atoms with Crippen LogP contribution in [0.15, 0.2) is 84.1 Å². The topological polar surface area (TPSA) is 67.5 Å². The first-order valence-corrected chi connectivity index (χ1v) is 10.3. The third-order valence-electron chi connectivity index (χ3n) is 3.51. The summed E-state index contributed by atoms with van der Waals surface area (Å²) in [6.45, 7) is 0. The number of carbonyl (C=O) groups excluding carboxylic acids is 1. The molecule has 0 saturated carbocycles. The number of hydrazone groups is 1. The minimum absolute atomic E-state index is 0.289. The standard InChI is InChI=1S/C19H12BrN3O2S2/c20-13-5-3-4-12(10-13)18(24)23-21-11-14-8-9-17(25-14)27-19-22-15-6-1-2-7-16(15)26-19/h1-11H,(H,23,24)/b21-11-. The number of hydrogen-bond donors (Lipinski definition) is 1. The largest absolute Gasteiger partial charge is 0.448 e. The zero-order chi connectivity index (χ0) is 18.6. The highest BCUT2D eigenvalue weighted by molar-refractivity contribution is 9.10. The van der Waals surface area contributed by atoms with Gasteiger partial charge in [0.1, 0.15) is 5.76 Å². The molecule has 0 unspecified atom stereocenters. The lowest BCUT2D eigenvalue weighted by Gasteiger charge is -1.99. The normalized spacial score (nSPS) is 11.3. The first kappa shape index (κ1) is 18.0. The van der Waals surface area contributed by atoms with E-state index in [0.29, 0.717) is 16.4 Å². The Morgan fingerprint density at radius 2 is 2.07 bits per heavy atom. The lowest BCUT2D eigenvalue weighted by Crippen LogP contribution is -2.17. The van der Waals surface area contributed by atoms with Crippen LogP contribution in [0.3, 0.4) is 0 Å². The molecule has 4 aromatic rings. The van der Waals surface area contributed by atoms with Gasteiger partial charge in [-0.1, -0.05) is 34.1 Å². The molecule has 0 atom stereocenters. The number of thiazole rings is 1. The van der Waals surface area contributed by atoms with E-state index in [1.54, 1.807) is 35.6 Å². The summed E-state index contributed by atoms with van der Waals surface area (Å²) in [5.74, 6) is 0.260. The first-order valence-electron chi connectivity index (χ1n) is 7.89. The molecule has 134 valence electrons. The van der Waals surface area contributed by atoms with Gasteiger partial charge >= 0.3 is 0 Å². The minimum atomic E-state index is -0.289. The van der Waals surface area contributed by atoms with Crippen molar-refractivity contribution in [3.8, 4) is 0 Å². The van der Waals surface area contributed by atoms with Gasteiger partial charge in [-0.25, -0.2) is 10.4 Å². The van der Waals surface area contributed by atoms with Crippen LogP contribution in [0.25, 0.3) is 10.2 Å². The Morgan fingerprint density at radius 1 is 1.19 bits per heavy atom. The van der Waals surface area contributed by atoms with E-state index < -0.39 is 0 Å². The van der Waals surface area contributed by atoms with E-state index in [-0.39, 0.29) is 5.91 Å². The second kappa shape index (κ2) is 8.08. The Morgan fingerprint density at radius 3 is 2.93 bits per heavy atom. The van der Waals surface area contributed by atoms with Crippen LogP contribution in [0.1, 0.15) is 16.1 Å². The number of fused-ring (bicyclic) bond motifs is 1. The van der Waals surface area contributed by atoms with Gasteiger partial charge in [0.25, 0.3) is 5.91 Å². The van der Waals surface area contributed by atoms with Crippen LogP contribution in [0.5, 0.6) is 0 Å². The Balaban J connectivity index is 1.39. The summed E-state index contributed by atoms with van der Waals surface area (Å²) in [7, 11) is 0. The van der Waals surface area contributed by atoms with E-state index in [4.69, 9.17) is 4.42 Å². The maximum absolute atomic E-state index is 12.0. The Labute approximate surface area is 171 Å². The molecule has 8 heteroatoms. The molecule has 2 aromatic carbocycles. The van der Waals surface area contributed by atoms with E-state index >= 15 is 0 Å². The molecule has 2 aromatic heterocycles. The Kier molecular flexibility index (Phi) is 5.38. The number of nitrogens with one attached hydrogen (secondary N) is 1. The summed E-state index contributed by atoms with van der Waals surface area (Å²) in [6, 6.07) is 18.8. The molecule has 0 saturated heterocycles. The molecule has 0 spiro atoms. The summed E-state index contributed by atoms with van der Waals surface area (Å²) in [6.07, 6.45) is 1.47. The van der Waals surface area contributed by atoms with Crippen molar-refractivity contribution in [1.82, 2.24) is 10.4 Å². The molecule has 4 rings (SSSR count). The second-order valence-corrected chi connectivity index (χ2v) is 8.61. The number of carbonyl (C=O) groups is 1. The highest BCUT2D eigenvalue weighted by atomic mass is 79.9. The molecule has 0 aliphatic rings. The van der Waals surface area contributed by atoms with E-state index in [1.165, 1.54) is 18.0 Å². The third kappa shape index (κ3) is 4.47. The second-order valence-electron chi connectivity index (χ2n) is 5.42. The summed E-state index contributed by atoms with van der Waals surface area (Å²) in [4.78, 5) is 16.6. The van der Waals surface area contributed by atoms with Gasteiger partial charge in [-0.3, -0.25) is 4.79 Å². The van der Waals surface area contributed by atoms with Gasteiger partial charge in [0, 0.05) is 10.0 Å². The quantitative estimate of drug-likeness (QED) is 0.314. The monoisotopic (exact) mass is 457 g/mol. The molecule has 0 aliphatic heterocycles. The summed E-state index contributed by atoms with van der Waals surface area (Å²) in [5.41, 5.74) is 3.99. The summed E-state index contributed by atoms with van der Waals surface area (Å²) in [5, 5.41) is 4.66. The van der Waals surface area contributed by atoms with Crippen LogP contribution < -0.4 is 5.43 Å². The predicted molar refractivity (Wildman–Crippen MR) is 112 cm³/mol. The van der Waals surface area contributed by atoms with Crippen LogP contribution in [0.4, 0.5) is 0 Å². The average molecular weight is 458 g/mol. The zero-order valence-corrected chi connectivity index (χ0v) is 17.0. The van der Waals surface area contributed by atoms with E-state index in [9.17, 15) is 4.79 Å². The van der Waals surface area contributed by atoms with Gasteiger partial charge in [-0.15, -0.1) is 11.3 Å². The van der Waals surface area contributed by atoms with Gasteiger partial charge in [0.05, 0.1) is 16.4 Å². The third-order valence-corrected chi connectivity index (χ3v) is 6.02. The van der Waals surface area contributed by atoms with Crippen LogP contribution >= 0.6 is 39.0 Å². The molecule has 1 amide bonds. The van der Waals surface area contributed by atoms with Crippen LogP contribution in [0.2, 0.25) is 0 Å². The number of hydrogen-bond acceptors (Lipinski definition) is 6. The van der Waals surface area contributed by atoms with E-state index in [2.05, 4.69) is 31.4 Å². The minimum Gasteiger partial charge on any atom is -0.448 e. The molecule has 0 bridgehead atoms. The van der Waals surface area contributed by atoms with Gasteiger partial charge in [0.15, 0.2) is 9.43 Å². The van der Waals surface area contributed by atoms with Crippen molar-refractivity contribution in [3.05, 3.63) is 76.5 Å². The molecular formula is C19H12BrN3O2S2. The van der Waals surface area contributed by atoms with Gasteiger partial charge in [0.2, 0.25) is 0 Å². The van der Waals surface area contributed by atoms with Gasteiger partial charge < -0.3 is 4.42 Å². The lowest BCUT2D eigenvalue weighted by atomic mass is 10.2. The molecular weight excluding hydrogens is 446 g/mol. The van der Waals surface area contributed by atoms with Crippen molar-refractivity contribution in [3.63, 3.8) is 0 Å². The van der Waals surface area contributed by atoms with Gasteiger partial charge in [-0.05, 0) is 54.2 Å². The molecule has 0 radical (unpaired) electrons. The zero-order valence-electron chi connectivity index (χ0n) is 13.8. The number of benzene rings is 2. The van der Waals surface area contributed by atoms with Crippen molar-refractivity contribution in [2.45, 2.75) is 9.43 Å². The fourth-order valence-corrected chi connectivity index (χ4v) is 4.66. The van der Waals surface area contributed by atoms with Crippen LogP contribution in [-0.4, -0.2) is 17.1 Å². The molecule has 0 aliphatic carbocycles. The number of amides is 1. The van der Waals surface area contributed by atoms with Crippen molar-refractivity contribution < 1.29 is 9.21 Å². The Hall–Kier alpha value is -2.42. The number of rotatable bonds is 5. The van der Waals surface area contributed by atoms with Crippen molar-refractivity contribution in [2.24, 2.45) is 5.10 Å². The fraction of sp³-hybridized carbons (Fsp3) is 0. The highest BCUT2D eigenvalue weighted by Gasteiger charge is 2.08. The molecule has 2 heterocycles. The fourth-order valence-electron chi connectivity index (χ4n) is 2.29. The first-order chi connectivity index (χ1) is 13.2. The summed E-state index contributed by atoms with van der Waals surface area (Å²) < 4.78 is 8.60. The average Bonchev–Trinajstić information content (AvgIpc) is 3.28. The van der Waals surface area contributed by atoms with Crippen LogP contribution in [0, 0.1) is 0 Å². The number of nitrogens with zero attached hydrogens (tertiary/aromatic N) is 2. The maximum Gasteiger partial charge on any atom is 0.271 e. The summed E-state index contributed by atoms with van der Waals surface area (Å²) >= 11 is 6.41. The SMILES string of the molecule is O=C(N/N=C\c1ccc(Sc2nc3ccccc3s2)o1)c1cccc(Br)c1. The van der Waals surface area contributed by atoms with Crippen molar-refractivity contribution in [1.29, 1.82) is 0 Å². The Bertz CT molecular complexity index is 1100. The molecule has 27 heavy (non-hydrogen) atoms. The number of para-hydroxylation sites is 1. The highest BCUT2D eigenvalue weighted by Crippen LogP contribution is 2.34. The van der Waals surface area contributed by atoms with Gasteiger partial charge in [-0.2, -0.15) is 5.10 Å². The molecule has 0 fully saturated rings. The smallest absolute Gasteiger partial charge is 0.271 e. The van der Waals surface area contributed by atoms with E-state index in [0.717, 1.165) is 19.0 Å².